The Bertz CT molecular complexity index is 894. The molecule has 0 N–H and O–H groups in total. The first-order chi connectivity index (χ1) is 11.8. The van der Waals surface area contributed by atoms with Gasteiger partial charge in [0.05, 0.1) is 5.69 Å². The summed E-state index contributed by atoms with van der Waals surface area (Å²) in [6.45, 7) is 6.11. The highest BCUT2D eigenvalue weighted by molar-refractivity contribution is 7.99. The van der Waals surface area contributed by atoms with E-state index in [0.29, 0.717) is 29.4 Å². The number of hydrogen-bond acceptors (Lipinski definition) is 5. The Morgan fingerprint density at radius 2 is 2.20 bits per heavy atom. The van der Waals surface area contributed by atoms with Crippen LogP contribution in [0.5, 0.6) is 0 Å². The number of thioether (sulfide) groups is 1. The van der Waals surface area contributed by atoms with Crippen LogP contribution in [-0.2, 0) is 12.0 Å². The van der Waals surface area contributed by atoms with E-state index in [0.717, 1.165) is 5.69 Å². The Kier molecular flexibility index (Phi) is 4.65. The van der Waals surface area contributed by atoms with Gasteiger partial charge in [-0.05, 0) is 18.6 Å². The summed E-state index contributed by atoms with van der Waals surface area (Å²) in [5, 5.41) is 9.72. The summed E-state index contributed by atoms with van der Waals surface area (Å²) in [6, 6.07) is 5.68. The first kappa shape index (κ1) is 17.6. The fourth-order valence-electron chi connectivity index (χ4n) is 2.70. The molecular weight excluding hydrogens is 339 g/mol. The first-order valence-corrected chi connectivity index (χ1v) is 8.97. The highest BCUT2D eigenvalue weighted by atomic mass is 32.2. The SMILES string of the molecule is CC(C)(C)c1ccc(-c2nc3n(c(=O)c2C#N)CCC(CF)S3)cn1. The van der Waals surface area contributed by atoms with E-state index in [2.05, 4.69) is 30.7 Å². The number of halogens is 1. The molecule has 3 rings (SSSR count). The summed E-state index contributed by atoms with van der Waals surface area (Å²) in [5.74, 6) is 0. The Morgan fingerprint density at radius 3 is 2.76 bits per heavy atom. The number of nitrogens with zero attached hydrogens (tertiary/aromatic N) is 4. The van der Waals surface area contributed by atoms with Crippen molar-refractivity contribution >= 4 is 11.8 Å². The van der Waals surface area contributed by atoms with Crippen LogP contribution in [0.15, 0.2) is 28.3 Å². The fraction of sp³-hybridized carbons (Fsp3) is 0.444. The molecule has 2 aromatic rings. The molecule has 1 atom stereocenters. The topological polar surface area (TPSA) is 71.6 Å². The van der Waals surface area contributed by atoms with Gasteiger partial charge in [-0.25, -0.2) is 9.37 Å². The molecule has 130 valence electrons. The van der Waals surface area contributed by atoms with Crippen molar-refractivity contribution in [2.24, 2.45) is 0 Å². The van der Waals surface area contributed by atoms with Gasteiger partial charge in [0.1, 0.15) is 18.3 Å². The number of nitriles is 1. The minimum Gasteiger partial charge on any atom is -0.286 e. The Labute approximate surface area is 149 Å². The summed E-state index contributed by atoms with van der Waals surface area (Å²) in [6.07, 6.45) is 2.20. The monoisotopic (exact) mass is 358 g/mol. The van der Waals surface area contributed by atoms with Gasteiger partial charge in [-0.3, -0.25) is 14.3 Å². The average molecular weight is 358 g/mol. The smallest absolute Gasteiger partial charge is 0.272 e. The largest absolute Gasteiger partial charge is 0.286 e. The van der Waals surface area contributed by atoms with Crippen molar-refractivity contribution in [3.8, 4) is 17.3 Å². The van der Waals surface area contributed by atoms with Crippen LogP contribution in [0.3, 0.4) is 0 Å². The summed E-state index contributed by atoms with van der Waals surface area (Å²) in [5.41, 5.74) is 1.40. The van der Waals surface area contributed by atoms with E-state index in [1.807, 2.05) is 18.2 Å². The van der Waals surface area contributed by atoms with E-state index < -0.39 is 6.67 Å². The third-order valence-electron chi connectivity index (χ3n) is 4.17. The van der Waals surface area contributed by atoms with Crippen LogP contribution >= 0.6 is 11.8 Å². The molecule has 0 saturated heterocycles. The maximum Gasteiger partial charge on any atom is 0.272 e. The van der Waals surface area contributed by atoms with Crippen LogP contribution in [0, 0.1) is 11.3 Å². The third kappa shape index (κ3) is 3.31. The molecule has 0 bridgehead atoms. The number of fused-ring (bicyclic) bond motifs is 1. The van der Waals surface area contributed by atoms with Crippen LogP contribution in [0.1, 0.15) is 38.4 Å². The summed E-state index contributed by atoms with van der Waals surface area (Å²) < 4.78 is 14.5. The molecule has 0 aliphatic carbocycles. The second kappa shape index (κ2) is 6.60. The maximum atomic E-state index is 13.0. The van der Waals surface area contributed by atoms with Crippen LogP contribution < -0.4 is 5.56 Å². The van der Waals surface area contributed by atoms with E-state index in [-0.39, 0.29) is 21.8 Å². The lowest BCUT2D eigenvalue weighted by Gasteiger charge is -2.23. The zero-order valence-electron chi connectivity index (χ0n) is 14.4. The third-order valence-corrected chi connectivity index (χ3v) is 5.39. The average Bonchev–Trinajstić information content (AvgIpc) is 2.60. The Balaban J connectivity index is 2.12. The molecular formula is C18H19FN4OS. The van der Waals surface area contributed by atoms with Crippen molar-refractivity contribution in [1.29, 1.82) is 5.26 Å². The van der Waals surface area contributed by atoms with Gasteiger partial charge in [-0.2, -0.15) is 5.26 Å². The van der Waals surface area contributed by atoms with Crippen molar-refractivity contribution in [3.05, 3.63) is 39.9 Å². The van der Waals surface area contributed by atoms with Crippen molar-refractivity contribution in [3.63, 3.8) is 0 Å². The lowest BCUT2D eigenvalue weighted by molar-refractivity contribution is 0.432. The van der Waals surface area contributed by atoms with Gasteiger partial charge < -0.3 is 0 Å². The van der Waals surface area contributed by atoms with Gasteiger partial charge in [0.15, 0.2) is 5.16 Å². The second-order valence-electron chi connectivity index (χ2n) is 7.05. The highest BCUT2D eigenvalue weighted by Gasteiger charge is 2.25. The summed E-state index contributed by atoms with van der Waals surface area (Å²) >= 11 is 1.25. The molecule has 25 heavy (non-hydrogen) atoms. The number of alkyl halides is 1. The molecule has 2 aromatic heterocycles. The fourth-order valence-corrected chi connectivity index (χ4v) is 3.73. The lowest BCUT2D eigenvalue weighted by atomic mass is 9.91. The van der Waals surface area contributed by atoms with Gasteiger partial charge in [0.25, 0.3) is 5.56 Å². The summed E-state index contributed by atoms with van der Waals surface area (Å²) in [7, 11) is 0. The molecule has 1 aliphatic rings. The van der Waals surface area contributed by atoms with Crippen molar-refractivity contribution < 1.29 is 4.39 Å². The predicted molar refractivity (Wildman–Crippen MR) is 95.4 cm³/mol. The van der Waals surface area contributed by atoms with Crippen LogP contribution in [0.4, 0.5) is 4.39 Å². The zero-order valence-corrected chi connectivity index (χ0v) is 15.2. The van der Waals surface area contributed by atoms with E-state index in [4.69, 9.17) is 0 Å². The second-order valence-corrected chi connectivity index (χ2v) is 8.32. The van der Waals surface area contributed by atoms with Gasteiger partial charge in [-0.15, -0.1) is 0 Å². The lowest BCUT2D eigenvalue weighted by Crippen LogP contribution is -2.31. The van der Waals surface area contributed by atoms with Gasteiger partial charge in [0.2, 0.25) is 0 Å². The number of pyridine rings is 1. The predicted octanol–water partition coefficient (Wildman–Crippen LogP) is 3.31. The zero-order chi connectivity index (χ0) is 18.2. The molecule has 0 saturated carbocycles. The van der Waals surface area contributed by atoms with Crippen molar-refractivity contribution in [1.82, 2.24) is 14.5 Å². The minimum absolute atomic E-state index is 0.00774. The molecule has 1 aliphatic heterocycles. The van der Waals surface area contributed by atoms with Crippen molar-refractivity contribution in [2.45, 2.75) is 49.6 Å². The number of hydrogen-bond donors (Lipinski definition) is 0. The molecule has 0 radical (unpaired) electrons. The molecule has 0 aromatic carbocycles. The van der Waals surface area contributed by atoms with E-state index >= 15 is 0 Å². The number of rotatable bonds is 2. The van der Waals surface area contributed by atoms with Crippen LogP contribution in [0.25, 0.3) is 11.3 Å². The highest BCUT2D eigenvalue weighted by Crippen LogP contribution is 2.31. The van der Waals surface area contributed by atoms with E-state index in [1.165, 1.54) is 16.3 Å². The molecule has 3 heterocycles. The van der Waals surface area contributed by atoms with Crippen LogP contribution in [-0.4, -0.2) is 26.5 Å². The Morgan fingerprint density at radius 1 is 1.44 bits per heavy atom. The number of aromatic nitrogens is 3. The molecule has 0 amide bonds. The van der Waals surface area contributed by atoms with E-state index in [9.17, 15) is 14.4 Å². The van der Waals surface area contributed by atoms with Gasteiger partial charge >= 0.3 is 0 Å². The first-order valence-electron chi connectivity index (χ1n) is 8.09. The Hall–Kier alpha value is -2.20. The van der Waals surface area contributed by atoms with Crippen LogP contribution in [0.2, 0.25) is 0 Å². The molecule has 5 nitrogen and oxygen atoms in total. The van der Waals surface area contributed by atoms with Gasteiger partial charge in [0, 0.05) is 34.7 Å². The molecule has 1 unspecified atom stereocenters. The molecule has 7 heteroatoms. The minimum atomic E-state index is -0.461. The standard InChI is InChI=1S/C18H19FN4OS/c1-18(2,3)14-5-4-11(10-21-14)15-13(9-20)16(24)23-7-6-12(8-19)25-17(23)22-15/h4-5,10,12H,6-8H2,1-3H3. The molecule has 0 spiro atoms. The van der Waals surface area contributed by atoms with Gasteiger partial charge in [-0.1, -0.05) is 32.5 Å². The summed E-state index contributed by atoms with van der Waals surface area (Å²) in [4.78, 5) is 21.6. The molecule has 0 fully saturated rings. The maximum absolute atomic E-state index is 13.0. The normalized spacial score (nSPS) is 17.0. The van der Waals surface area contributed by atoms with Crippen molar-refractivity contribution in [2.75, 3.05) is 6.67 Å². The quantitative estimate of drug-likeness (QED) is 0.770. The van der Waals surface area contributed by atoms with E-state index in [1.54, 1.807) is 6.20 Å².